The molecule has 0 unspecified atom stereocenters. The molecule has 0 atom stereocenters. The first kappa shape index (κ1) is 11.8. The highest BCUT2D eigenvalue weighted by Crippen LogP contribution is 2.15. The first-order chi connectivity index (χ1) is 7.13. The molecule has 15 heavy (non-hydrogen) atoms. The van der Waals surface area contributed by atoms with Crippen LogP contribution in [-0.2, 0) is 16.0 Å². The summed E-state index contributed by atoms with van der Waals surface area (Å²) in [5.41, 5.74) is 2.29. The van der Waals surface area contributed by atoms with E-state index in [9.17, 15) is 4.79 Å². The summed E-state index contributed by atoms with van der Waals surface area (Å²) in [6, 6.07) is 8.10. The normalized spacial score (nSPS) is 10.4. The Kier molecular flexibility index (Phi) is 4.35. The molecule has 0 spiro atoms. The molecule has 0 heterocycles. The number of carbonyl (C=O) groups is 1. The summed E-state index contributed by atoms with van der Waals surface area (Å²) < 4.78 is 4.91. The van der Waals surface area contributed by atoms with Crippen molar-refractivity contribution in [2.45, 2.75) is 33.1 Å². The Hall–Kier alpha value is -1.31. The van der Waals surface area contributed by atoms with Gasteiger partial charge in [-0.2, -0.15) is 0 Å². The number of esters is 1. The third kappa shape index (κ3) is 3.74. The van der Waals surface area contributed by atoms with E-state index in [0.717, 1.165) is 5.56 Å². The number of ether oxygens (including phenoxy) is 1. The zero-order valence-electron chi connectivity index (χ0n) is 9.62. The lowest BCUT2D eigenvalue weighted by molar-refractivity contribution is -0.142. The van der Waals surface area contributed by atoms with Crippen LogP contribution in [0, 0.1) is 0 Å². The molecular weight excluding hydrogens is 188 g/mol. The van der Waals surface area contributed by atoms with E-state index >= 15 is 0 Å². The number of carbonyl (C=O) groups excluding carboxylic acids is 1. The predicted molar refractivity (Wildman–Crippen MR) is 60.9 cm³/mol. The Labute approximate surface area is 91.3 Å². The fourth-order valence-corrected chi connectivity index (χ4v) is 1.44. The molecule has 0 aliphatic rings. The summed E-state index contributed by atoms with van der Waals surface area (Å²) >= 11 is 0. The standard InChI is InChI=1S/C13H18O2/c1-4-15-13(14)9-11-6-5-7-12(8-11)10(2)3/h5-8,10H,4,9H2,1-3H3. The van der Waals surface area contributed by atoms with E-state index in [1.54, 1.807) is 0 Å². The zero-order valence-corrected chi connectivity index (χ0v) is 9.62. The summed E-state index contributed by atoms with van der Waals surface area (Å²) in [5, 5.41) is 0. The highest BCUT2D eigenvalue weighted by atomic mass is 16.5. The van der Waals surface area contributed by atoms with Gasteiger partial charge in [-0.15, -0.1) is 0 Å². The summed E-state index contributed by atoms with van der Waals surface area (Å²) in [7, 11) is 0. The molecule has 0 aromatic heterocycles. The maximum Gasteiger partial charge on any atom is 0.310 e. The van der Waals surface area contributed by atoms with Gasteiger partial charge in [-0.1, -0.05) is 38.1 Å². The van der Waals surface area contributed by atoms with Gasteiger partial charge in [0, 0.05) is 0 Å². The molecule has 2 nitrogen and oxygen atoms in total. The molecule has 0 aliphatic carbocycles. The van der Waals surface area contributed by atoms with Crippen molar-refractivity contribution in [3.05, 3.63) is 35.4 Å². The van der Waals surface area contributed by atoms with Crippen LogP contribution in [-0.4, -0.2) is 12.6 Å². The molecule has 1 rings (SSSR count). The highest BCUT2D eigenvalue weighted by molar-refractivity contribution is 5.72. The molecule has 0 aliphatic heterocycles. The van der Waals surface area contributed by atoms with Gasteiger partial charge in [0.2, 0.25) is 0 Å². The minimum atomic E-state index is -0.154. The van der Waals surface area contributed by atoms with E-state index < -0.39 is 0 Å². The quantitative estimate of drug-likeness (QED) is 0.708. The van der Waals surface area contributed by atoms with Crippen LogP contribution in [0.4, 0.5) is 0 Å². The van der Waals surface area contributed by atoms with Gasteiger partial charge in [-0.05, 0) is 24.0 Å². The number of hydrogen-bond donors (Lipinski definition) is 0. The van der Waals surface area contributed by atoms with Crippen LogP contribution in [0.1, 0.15) is 37.8 Å². The lowest BCUT2D eigenvalue weighted by atomic mass is 10.00. The van der Waals surface area contributed by atoms with Crippen molar-refractivity contribution in [1.29, 1.82) is 0 Å². The monoisotopic (exact) mass is 206 g/mol. The molecular formula is C13H18O2. The molecule has 2 heteroatoms. The minimum Gasteiger partial charge on any atom is -0.466 e. The molecule has 0 saturated heterocycles. The van der Waals surface area contributed by atoms with Crippen LogP contribution < -0.4 is 0 Å². The Morgan fingerprint density at radius 3 is 2.73 bits per heavy atom. The molecule has 1 aromatic rings. The zero-order chi connectivity index (χ0) is 11.3. The summed E-state index contributed by atoms with van der Waals surface area (Å²) in [6.45, 7) is 6.55. The lowest BCUT2D eigenvalue weighted by Gasteiger charge is -2.07. The van der Waals surface area contributed by atoms with E-state index in [-0.39, 0.29) is 5.97 Å². The second-order valence-electron chi connectivity index (χ2n) is 3.88. The smallest absolute Gasteiger partial charge is 0.310 e. The van der Waals surface area contributed by atoms with E-state index in [0.29, 0.717) is 18.9 Å². The number of rotatable bonds is 4. The molecule has 0 amide bonds. The highest BCUT2D eigenvalue weighted by Gasteiger charge is 2.05. The fourth-order valence-electron chi connectivity index (χ4n) is 1.44. The Balaban J connectivity index is 2.69. The van der Waals surface area contributed by atoms with Crippen LogP contribution in [0.5, 0.6) is 0 Å². The third-order valence-corrected chi connectivity index (χ3v) is 2.27. The van der Waals surface area contributed by atoms with Crippen molar-refractivity contribution in [1.82, 2.24) is 0 Å². The van der Waals surface area contributed by atoms with Crippen LogP contribution in [0.3, 0.4) is 0 Å². The maximum atomic E-state index is 11.3. The second kappa shape index (κ2) is 5.54. The summed E-state index contributed by atoms with van der Waals surface area (Å²) in [4.78, 5) is 11.3. The molecule has 82 valence electrons. The van der Waals surface area contributed by atoms with Gasteiger partial charge in [-0.3, -0.25) is 4.79 Å². The van der Waals surface area contributed by atoms with Crippen LogP contribution in [0.2, 0.25) is 0 Å². The molecule has 0 N–H and O–H groups in total. The first-order valence-electron chi connectivity index (χ1n) is 5.38. The van der Waals surface area contributed by atoms with Gasteiger partial charge in [0.05, 0.1) is 13.0 Å². The average molecular weight is 206 g/mol. The van der Waals surface area contributed by atoms with Crippen molar-refractivity contribution < 1.29 is 9.53 Å². The van der Waals surface area contributed by atoms with Crippen LogP contribution in [0.25, 0.3) is 0 Å². The summed E-state index contributed by atoms with van der Waals surface area (Å²) in [5.74, 6) is 0.338. The van der Waals surface area contributed by atoms with Crippen LogP contribution >= 0.6 is 0 Å². The van der Waals surface area contributed by atoms with Crippen molar-refractivity contribution in [3.8, 4) is 0 Å². The van der Waals surface area contributed by atoms with Gasteiger partial charge in [-0.25, -0.2) is 0 Å². The SMILES string of the molecule is CCOC(=O)Cc1cccc(C(C)C)c1. The first-order valence-corrected chi connectivity index (χ1v) is 5.38. The van der Waals surface area contributed by atoms with Gasteiger partial charge in [0.15, 0.2) is 0 Å². The van der Waals surface area contributed by atoms with E-state index in [2.05, 4.69) is 26.0 Å². The second-order valence-corrected chi connectivity index (χ2v) is 3.88. The maximum absolute atomic E-state index is 11.3. The Morgan fingerprint density at radius 2 is 2.13 bits per heavy atom. The molecule has 0 saturated carbocycles. The number of benzene rings is 1. The van der Waals surface area contributed by atoms with Gasteiger partial charge >= 0.3 is 5.97 Å². The van der Waals surface area contributed by atoms with Gasteiger partial charge < -0.3 is 4.74 Å². The predicted octanol–water partition coefficient (Wildman–Crippen LogP) is 2.92. The van der Waals surface area contributed by atoms with Crippen molar-refractivity contribution in [2.75, 3.05) is 6.61 Å². The van der Waals surface area contributed by atoms with E-state index in [1.165, 1.54) is 5.56 Å². The van der Waals surface area contributed by atoms with E-state index in [4.69, 9.17) is 4.74 Å². The van der Waals surface area contributed by atoms with E-state index in [1.807, 2.05) is 19.1 Å². The topological polar surface area (TPSA) is 26.3 Å². The van der Waals surface area contributed by atoms with Crippen molar-refractivity contribution in [2.24, 2.45) is 0 Å². The van der Waals surface area contributed by atoms with Crippen LogP contribution in [0.15, 0.2) is 24.3 Å². The Morgan fingerprint density at radius 1 is 1.40 bits per heavy atom. The molecule has 0 bridgehead atoms. The largest absolute Gasteiger partial charge is 0.466 e. The molecule has 0 fully saturated rings. The lowest BCUT2D eigenvalue weighted by Crippen LogP contribution is -2.07. The average Bonchev–Trinajstić information content (AvgIpc) is 2.18. The number of hydrogen-bond acceptors (Lipinski definition) is 2. The fraction of sp³-hybridized carbons (Fsp3) is 0.462. The molecule has 0 radical (unpaired) electrons. The van der Waals surface area contributed by atoms with Gasteiger partial charge in [0.25, 0.3) is 0 Å². The van der Waals surface area contributed by atoms with Crippen molar-refractivity contribution in [3.63, 3.8) is 0 Å². The van der Waals surface area contributed by atoms with Gasteiger partial charge in [0.1, 0.15) is 0 Å². The summed E-state index contributed by atoms with van der Waals surface area (Å²) in [6.07, 6.45) is 0.369. The minimum absolute atomic E-state index is 0.154. The third-order valence-electron chi connectivity index (χ3n) is 2.27. The Bertz CT molecular complexity index is 329. The van der Waals surface area contributed by atoms with Crippen molar-refractivity contribution >= 4 is 5.97 Å². The molecule has 1 aromatic carbocycles.